The Kier molecular flexibility index (Phi) is 14.3. The molecule has 0 aromatic heterocycles. The molecular weight excluding hydrogens is 402 g/mol. The molecule has 170 valence electrons. The van der Waals surface area contributed by atoms with Crippen molar-refractivity contribution in [3.8, 4) is 5.75 Å². The second-order valence-corrected chi connectivity index (χ2v) is 6.97. The maximum Gasteiger partial charge on any atom is 0.307 e. The molecule has 0 aliphatic carbocycles. The largest absolute Gasteiger partial charge is 0.494 e. The van der Waals surface area contributed by atoms with Crippen LogP contribution in [0.3, 0.4) is 0 Å². The van der Waals surface area contributed by atoms with E-state index in [-0.39, 0.29) is 6.42 Å². The van der Waals surface area contributed by atoms with Gasteiger partial charge in [-0.3, -0.25) is 9.59 Å². The van der Waals surface area contributed by atoms with Crippen LogP contribution in [0.2, 0.25) is 0 Å². The molecule has 0 heterocycles. The summed E-state index contributed by atoms with van der Waals surface area (Å²) in [6.07, 6.45) is 4.12. The molecule has 0 fully saturated rings. The lowest BCUT2D eigenvalue weighted by atomic mass is 10.2. The maximum absolute atomic E-state index is 10.3. The predicted molar refractivity (Wildman–Crippen MR) is 129 cm³/mol. The molecule has 0 spiro atoms. The highest BCUT2D eigenvalue weighted by Gasteiger charge is 1.96. The monoisotopic (exact) mass is 435 g/mol. The fourth-order valence-electron chi connectivity index (χ4n) is 2.56. The van der Waals surface area contributed by atoms with Gasteiger partial charge in [0.15, 0.2) is 0 Å². The van der Waals surface area contributed by atoms with Gasteiger partial charge in [-0.15, -0.1) is 0 Å². The van der Waals surface area contributed by atoms with Crippen molar-refractivity contribution >= 4 is 12.3 Å². The van der Waals surface area contributed by atoms with Crippen LogP contribution >= 0.6 is 0 Å². The fourth-order valence-corrected chi connectivity index (χ4v) is 2.56. The van der Waals surface area contributed by atoms with Crippen molar-refractivity contribution in [3.05, 3.63) is 102 Å². The van der Waals surface area contributed by atoms with E-state index in [1.54, 1.807) is 24.3 Å². The van der Waals surface area contributed by atoms with Crippen LogP contribution in [0.5, 0.6) is 5.75 Å². The standard InChI is InChI=1S/C11H14O2.C8H11N.C8H8O2/c1-2-3-8-13-11-6-4-10(9-12)5-7-11;9-7-6-8-4-2-1-3-5-8;9-8(10)6-7-4-2-1-3-5-7/h4-7,9H,2-3,8H2,1H3;1-5H,6-7,9H2;1-5H,6H2,(H,9,10). The van der Waals surface area contributed by atoms with E-state index in [0.29, 0.717) is 5.56 Å². The highest BCUT2D eigenvalue weighted by atomic mass is 16.5. The Morgan fingerprint density at radius 3 is 1.94 bits per heavy atom. The Labute approximate surface area is 190 Å². The minimum Gasteiger partial charge on any atom is -0.494 e. The van der Waals surface area contributed by atoms with E-state index in [1.807, 2.05) is 48.5 Å². The van der Waals surface area contributed by atoms with E-state index in [9.17, 15) is 9.59 Å². The Morgan fingerprint density at radius 2 is 1.47 bits per heavy atom. The number of hydrogen-bond donors (Lipinski definition) is 2. The summed E-state index contributed by atoms with van der Waals surface area (Å²) in [5, 5.41) is 8.37. The lowest BCUT2D eigenvalue weighted by molar-refractivity contribution is -0.136. The number of unbranched alkanes of at least 4 members (excludes halogenated alkanes) is 1. The number of ether oxygens (including phenoxy) is 1. The molecule has 3 N–H and O–H groups in total. The third-order valence-corrected chi connectivity index (χ3v) is 4.26. The quantitative estimate of drug-likeness (QED) is 0.357. The number of hydrogen-bond acceptors (Lipinski definition) is 4. The summed E-state index contributed by atoms with van der Waals surface area (Å²) >= 11 is 0. The van der Waals surface area contributed by atoms with Gasteiger partial charge in [-0.25, -0.2) is 0 Å². The molecule has 3 aromatic carbocycles. The van der Waals surface area contributed by atoms with Crippen LogP contribution in [0.1, 0.15) is 41.3 Å². The van der Waals surface area contributed by atoms with Crippen LogP contribution < -0.4 is 10.5 Å². The predicted octanol–water partition coefficient (Wildman–Crippen LogP) is 5.18. The number of nitrogens with two attached hydrogens (primary N) is 1. The number of aliphatic carboxylic acids is 1. The molecule has 0 aliphatic rings. The SMILES string of the molecule is CCCCOc1ccc(C=O)cc1.NCCc1ccccc1.O=C(O)Cc1ccccc1. The number of carboxylic acid groups (broad SMARTS) is 1. The number of aldehydes is 1. The Hall–Kier alpha value is -3.44. The summed E-state index contributed by atoms with van der Waals surface area (Å²) in [6.45, 7) is 3.61. The third kappa shape index (κ3) is 13.0. The van der Waals surface area contributed by atoms with Gasteiger partial charge in [0.2, 0.25) is 0 Å². The molecule has 5 heteroatoms. The lowest BCUT2D eigenvalue weighted by Crippen LogP contribution is -2.01. The number of benzene rings is 3. The van der Waals surface area contributed by atoms with Crippen LogP contribution in [-0.4, -0.2) is 30.5 Å². The van der Waals surface area contributed by atoms with Crippen molar-refractivity contribution in [2.45, 2.75) is 32.6 Å². The van der Waals surface area contributed by atoms with Gasteiger partial charge >= 0.3 is 5.97 Å². The summed E-state index contributed by atoms with van der Waals surface area (Å²) in [5.74, 6) is 0.0465. The molecule has 5 nitrogen and oxygen atoms in total. The second kappa shape index (κ2) is 17.3. The molecule has 3 aromatic rings. The fraction of sp³-hybridized carbons (Fsp3) is 0.259. The Morgan fingerprint density at radius 1 is 0.906 bits per heavy atom. The number of carbonyl (C=O) groups is 2. The molecule has 0 aliphatic heterocycles. The van der Waals surface area contributed by atoms with E-state index in [1.165, 1.54) is 5.56 Å². The summed E-state index contributed by atoms with van der Waals surface area (Å²) < 4.78 is 5.43. The second-order valence-electron chi connectivity index (χ2n) is 6.97. The van der Waals surface area contributed by atoms with Gasteiger partial charge in [0, 0.05) is 5.56 Å². The molecule has 0 saturated heterocycles. The van der Waals surface area contributed by atoms with Crippen molar-refractivity contribution in [2.24, 2.45) is 5.73 Å². The maximum atomic E-state index is 10.3. The average molecular weight is 436 g/mol. The molecule has 3 rings (SSSR count). The van der Waals surface area contributed by atoms with Crippen molar-refractivity contribution in [1.82, 2.24) is 0 Å². The zero-order chi connectivity index (χ0) is 23.4. The normalized spacial score (nSPS) is 9.44. The van der Waals surface area contributed by atoms with Gasteiger partial charge in [0.25, 0.3) is 0 Å². The lowest BCUT2D eigenvalue weighted by Gasteiger charge is -2.04. The first-order chi connectivity index (χ1) is 15.6. The van der Waals surface area contributed by atoms with E-state index in [2.05, 4.69) is 19.1 Å². The average Bonchev–Trinajstić information content (AvgIpc) is 2.82. The first-order valence-electron chi connectivity index (χ1n) is 10.8. The van der Waals surface area contributed by atoms with Crippen LogP contribution in [0, 0.1) is 0 Å². The molecule has 0 atom stereocenters. The summed E-state index contributed by atoms with van der Waals surface area (Å²) in [6, 6.07) is 26.5. The first kappa shape index (κ1) is 26.6. The van der Waals surface area contributed by atoms with Crippen LogP contribution in [-0.2, 0) is 17.6 Å². The summed E-state index contributed by atoms with van der Waals surface area (Å²) in [5.41, 5.74) is 8.21. The van der Waals surface area contributed by atoms with Crippen molar-refractivity contribution in [1.29, 1.82) is 0 Å². The van der Waals surface area contributed by atoms with Gasteiger partial charge in [-0.2, -0.15) is 0 Å². The number of carboxylic acids is 1. The Balaban J connectivity index is 0.000000245. The zero-order valence-corrected chi connectivity index (χ0v) is 18.7. The first-order valence-corrected chi connectivity index (χ1v) is 10.8. The molecule has 32 heavy (non-hydrogen) atoms. The van der Waals surface area contributed by atoms with E-state index >= 15 is 0 Å². The zero-order valence-electron chi connectivity index (χ0n) is 18.7. The van der Waals surface area contributed by atoms with E-state index in [0.717, 1.165) is 50.0 Å². The van der Waals surface area contributed by atoms with Gasteiger partial charge in [0.05, 0.1) is 13.0 Å². The highest BCUT2D eigenvalue weighted by molar-refractivity contribution is 5.74. The van der Waals surface area contributed by atoms with Crippen LogP contribution in [0.15, 0.2) is 84.9 Å². The third-order valence-electron chi connectivity index (χ3n) is 4.26. The van der Waals surface area contributed by atoms with Crippen molar-refractivity contribution in [2.75, 3.05) is 13.2 Å². The summed E-state index contributed by atoms with van der Waals surface area (Å²) in [7, 11) is 0. The van der Waals surface area contributed by atoms with Crippen molar-refractivity contribution < 1.29 is 19.4 Å². The number of rotatable bonds is 9. The Bertz CT molecular complexity index is 865. The van der Waals surface area contributed by atoms with Crippen molar-refractivity contribution in [3.63, 3.8) is 0 Å². The summed E-state index contributed by atoms with van der Waals surface area (Å²) in [4.78, 5) is 20.5. The molecule has 0 saturated carbocycles. The minimum absolute atomic E-state index is 0.112. The van der Waals surface area contributed by atoms with Gasteiger partial charge in [-0.1, -0.05) is 74.0 Å². The molecular formula is C27H33NO4. The van der Waals surface area contributed by atoms with Crippen LogP contribution in [0.4, 0.5) is 0 Å². The molecule has 0 unspecified atom stereocenters. The van der Waals surface area contributed by atoms with E-state index < -0.39 is 5.97 Å². The van der Waals surface area contributed by atoms with Gasteiger partial charge < -0.3 is 15.6 Å². The number of carbonyl (C=O) groups excluding carboxylic acids is 1. The highest BCUT2D eigenvalue weighted by Crippen LogP contribution is 2.11. The van der Waals surface area contributed by atoms with Gasteiger partial charge in [-0.05, 0) is 54.8 Å². The molecule has 0 radical (unpaired) electrons. The topological polar surface area (TPSA) is 89.6 Å². The van der Waals surface area contributed by atoms with Gasteiger partial charge in [0.1, 0.15) is 12.0 Å². The van der Waals surface area contributed by atoms with E-state index in [4.69, 9.17) is 15.6 Å². The molecule has 0 bridgehead atoms. The van der Waals surface area contributed by atoms with Crippen LogP contribution in [0.25, 0.3) is 0 Å². The molecule has 0 amide bonds. The minimum atomic E-state index is -0.786. The smallest absolute Gasteiger partial charge is 0.307 e.